The lowest BCUT2D eigenvalue weighted by molar-refractivity contribution is -0.384. The summed E-state index contributed by atoms with van der Waals surface area (Å²) >= 11 is 0. The van der Waals surface area contributed by atoms with Gasteiger partial charge in [-0.05, 0) is 51.3 Å². The number of fused-ring (bicyclic) bond motifs is 5. The predicted octanol–water partition coefficient (Wildman–Crippen LogP) is 3.08. The number of non-ortho nitro benzene ring substituents is 1. The molecule has 30 heavy (non-hydrogen) atoms. The number of hydrogen-bond donors (Lipinski definition) is 0. The summed E-state index contributed by atoms with van der Waals surface area (Å²) in [6.07, 6.45) is 0.694. The number of benzene rings is 2. The van der Waals surface area contributed by atoms with E-state index >= 15 is 0 Å². The number of rotatable bonds is 6. The lowest BCUT2D eigenvalue weighted by Gasteiger charge is -2.16. The van der Waals surface area contributed by atoms with E-state index in [0.29, 0.717) is 46.5 Å². The Morgan fingerprint density at radius 1 is 1.07 bits per heavy atom. The van der Waals surface area contributed by atoms with Gasteiger partial charge in [0.1, 0.15) is 5.75 Å². The zero-order valence-electron chi connectivity index (χ0n) is 17.0. The first-order valence-electron chi connectivity index (χ1n) is 9.56. The van der Waals surface area contributed by atoms with Crippen LogP contribution in [0, 0.1) is 10.1 Å². The molecule has 1 aliphatic carbocycles. The highest BCUT2D eigenvalue weighted by Crippen LogP contribution is 2.41. The molecule has 0 aliphatic heterocycles. The minimum atomic E-state index is -0.538. The van der Waals surface area contributed by atoms with Crippen LogP contribution in [0.15, 0.2) is 41.2 Å². The number of nitro groups is 1. The van der Waals surface area contributed by atoms with Crippen LogP contribution in [0.5, 0.6) is 5.75 Å². The predicted molar refractivity (Wildman–Crippen MR) is 113 cm³/mol. The van der Waals surface area contributed by atoms with Crippen molar-refractivity contribution in [2.75, 3.05) is 27.7 Å². The summed E-state index contributed by atoms with van der Waals surface area (Å²) in [5.41, 5.74) is 1.62. The Morgan fingerprint density at radius 2 is 1.83 bits per heavy atom. The summed E-state index contributed by atoms with van der Waals surface area (Å²) in [6, 6.07) is 9.31. The Kier molecular flexibility index (Phi) is 4.87. The highest BCUT2D eigenvalue weighted by Gasteiger charge is 2.33. The first kappa shape index (κ1) is 19.8. The summed E-state index contributed by atoms with van der Waals surface area (Å²) in [7, 11) is 5.42. The SMILES string of the molecule is COc1ccc2c(c1)C(=O)c1c-2n(CCCN(C)C)c(=O)c2cc([N+](=O)[O-])ccc12. The van der Waals surface area contributed by atoms with E-state index in [-0.39, 0.29) is 22.4 Å². The quantitative estimate of drug-likeness (QED) is 0.360. The van der Waals surface area contributed by atoms with Crippen LogP contribution in [-0.2, 0) is 6.54 Å². The number of aromatic nitrogens is 1. The molecule has 4 rings (SSSR count). The van der Waals surface area contributed by atoms with Crippen LogP contribution in [0.1, 0.15) is 22.3 Å². The topological polar surface area (TPSA) is 94.7 Å². The highest BCUT2D eigenvalue weighted by molar-refractivity contribution is 6.26. The van der Waals surface area contributed by atoms with Gasteiger partial charge in [0.25, 0.3) is 11.2 Å². The van der Waals surface area contributed by atoms with Gasteiger partial charge in [-0.15, -0.1) is 0 Å². The van der Waals surface area contributed by atoms with Crippen LogP contribution in [0.3, 0.4) is 0 Å². The number of nitro benzene ring substituents is 1. The summed E-state index contributed by atoms with van der Waals surface area (Å²) in [6.45, 7) is 1.16. The van der Waals surface area contributed by atoms with Crippen molar-refractivity contribution in [3.05, 3.63) is 68.0 Å². The van der Waals surface area contributed by atoms with Crippen LogP contribution in [0.4, 0.5) is 5.69 Å². The molecule has 0 atom stereocenters. The molecule has 0 bridgehead atoms. The molecule has 0 saturated carbocycles. The van der Waals surface area contributed by atoms with Gasteiger partial charge in [-0.25, -0.2) is 0 Å². The number of ketones is 1. The number of ether oxygens (including phenoxy) is 1. The summed E-state index contributed by atoms with van der Waals surface area (Å²) in [5, 5.41) is 11.9. The molecule has 8 nitrogen and oxygen atoms in total. The normalized spacial score (nSPS) is 12.3. The van der Waals surface area contributed by atoms with Gasteiger partial charge in [0, 0.05) is 35.2 Å². The van der Waals surface area contributed by atoms with E-state index in [1.54, 1.807) is 22.8 Å². The van der Waals surface area contributed by atoms with Gasteiger partial charge < -0.3 is 14.2 Å². The fourth-order valence-electron chi connectivity index (χ4n) is 4.00. The van der Waals surface area contributed by atoms with Crippen molar-refractivity contribution >= 4 is 22.2 Å². The highest BCUT2D eigenvalue weighted by atomic mass is 16.6. The maximum absolute atomic E-state index is 13.4. The second-order valence-corrected chi connectivity index (χ2v) is 7.56. The third-order valence-corrected chi connectivity index (χ3v) is 5.41. The molecule has 3 aromatic rings. The Balaban J connectivity index is 2.02. The summed E-state index contributed by atoms with van der Waals surface area (Å²) in [5.74, 6) is 0.343. The van der Waals surface area contributed by atoms with Gasteiger partial charge in [0.15, 0.2) is 5.78 Å². The van der Waals surface area contributed by atoms with E-state index < -0.39 is 4.92 Å². The lowest BCUT2D eigenvalue weighted by atomic mass is 10.0. The number of carbonyl (C=O) groups excluding carboxylic acids is 1. The van der Waals surface area contributed by atoms with Crippen molar-refractivity contribution in [3.8, 4) is 17.0 Å². The van der Waals surface area contributed by atoms with Gasteiger partial charge in [-0.1, -0.05) is 0 Å². The van der Waals surface area contributed by atoms with Crippen LogP contribution in [-0.4, -0.2) is 47.9 Å². The minimum absolute atomic E-state index is 0.177. The average molecular weight is 407 g/mol. The molecule has 0 fully saturated rings. The van der Waals surface area contributed by atoms with Gasteiger partial charge >= 0.3 is 0 Å². The Bertz CT molecular complexity index is 1260. The maximum atomic E-state index is 13.4. The molecular weight excluding hydrogens is 386 g/mol. The van der Waals surface area contributed by atoms with E-state index in [4.69, 9.17) is 4.74 Å². The zero-order valence-corrected chi connectivity index (χ0v) is 17.0. The zero-order chi connectivity index (χ0) is 21.6. The molecule has 0 unspecified atom stereocenters. The first-order chi connectivity index (χ1) is 14.3. The van der Waals surface area contributed by atoms with E-state index in [2.05, 4.69) is 0 Å². The second kappa shape index (κ2) is 7.38. The van der Waals surface area contributed by atoms with Crippen molar-refractivity contribution in [2.24, 2.45) is 0 Å². The Hall–Kier alpha value is -3.52. The molecule has 0 saturated heterocycles. The number of pyridine rings is 1. The van der Waals surface area contributed by atoms with Crippen LogP contribution < -0.4 is 10.3 Å². The summed E-state index contributed by atoms with van der Waals surface area (Å²) < 4.78 is 6.84. The standard InChI is InChI=1S/C22H21N3O5/c1-23(2)9-4-10-24-20-16-8-6-14(30-3)12-17(16)21(26)19(20)15-7-5-13(25(28)29)11-18(15)22(24)27/h5-8,11-12H,4,9-10H2,1-3H3. The maximum Gasteiger partial charge on any atom is 0.270 e. The fourth-order valence-corrected chi connectivity index (χ4v) is 4.00. The lowest BCUT2D eigenvalue weighted by Crippen LogP contribution is -2.25. The monoisotopic (exact) mass is 407 g/mol. The van der Waals surface area contributed by atoms with Gasteiger partial charge in [-0.3, -0.25) is 19.7 Å². The molecule has 1 aromatic heterocycles. The largest absolute Gasteiger partial charge is 0.497 e. The number of carbonyl (C=O) groups is 1. The molecule has 0 N–H and O–H groups in total. The summed E-state index contributed by atoms with van der Waals surface area (Å²) in [4.78, 5) is 39.4. The Morgan fingerprint density at radius 3 is 2.50 bits per heavy atom. The fraction of sp³-hybridized carbons (Fsp3) is 0.273. The van der Waals surface area contributed by atoms with Gasteiger partial charge in [-0.2, -0.15) is 0 Å². The number of nitrogens with zero attached hydrogens (tertiary/aromatic N) is 3. The van der Waals surface area contributed by atoms with Crippen molar-refractivity contribution < 1.29 is 14.5 Å². The molecule has 0 amide bonds. The van der Waals surface area contributed by atoms with E-state index in [0.717, 1.165) is 6.54 Å². The van der Waals surface area contributed by atoms with Gasteiger partial charge in [0.2, 0.25) is 0 Å². The smallest absolute Gasteiger partial charge is 0.270 e. The second-order valence-electron chi connectivity index (χ2n) is 7.56. The molecule has 0 spiro atoms. The molecule has 0 radical (unpaired) electrons. The van der Waals surface area contributed by atoms with Crippen molar-refractivity contribution in [3.63, 3.8) is 0 Å². The molecule has 1 aliphatic rings. The third kappa shape index (κ3) is 3.05. The third-order valence-electron chi connectivity index (χ3n) is 5.41. The van der Waals surface area contributed by atoms with Gasteiger partial charge in [0.05, 0.1) is 28.7 Å². The molecule has 2 aromatic carbocycles. The van der Waals surface area contributed by atoms with E-state index in [1.807, 2.05) is 19.0 Å². The van der Waals surface area contributed by atoms with Crippen LogP contribution in [0.2, 0.25) is 0 Å². The van der Waals surface area contributed by atoms with E-state index in [9.17, 15) is 19.7 Å². The molecule has 154 valence electrons. The first-order valence-corrected chi connectivity index (χ1v) is 9.56. The minimum Gasteiger partial charge on any atom is -0.497 e. The van der Waals surface area contributed by atoms with Crippen molar-refractivity contribution in [1.82, 2.24) is 9.47 Å². The van der Waals surface area contributed by atoms with Crippen molar-refractivity contribution in [1.29, 1.82) is 0 Å². The van der Waals surface area contributed by atoms with Crippen LogP contribution >= 0.6 is 0 Å². The van der Waals surface area contributed by atoms with Crippen LogP contribution in [0.25, 0.3) is 22.0 Å². The molecule has 1 heterocycles. The number of methoxy groups -OCH3 is 1. The van der Waals surface area contributed by atoms with E-state index in [1.165, 1.54) is 25.3 Å². The Labute approximate surface area is 172 Å². The average Bonchev–Trinajstić information content (AvgIpc) is 3.01. The molecular formula is C22H21N3O5. The molecule has 8 heteroatoms. The number of hydrogen-bond acceptors (Lipinski definition) is 6. The van der Waals surface area contributed by atoms with Crippen molar-refractivity contribution in [2.45, 2.75) is 13.0 Å².